The summed E-state index contributed by atoms with van der Waals surface area (Å²) in [6.45, 7) is 1.34. The maximum atomic E-state index is 13.5. The van der Waals surface area contributed by atoms with Gasteiger partial charge in [-0.2, -0.15) is 0 Å². The third-order valence-electron chi connectivity index (χ3n) is 5.41. The van der Waals surface area contributed by atoms with Crippen LogP contribution in [0.2, 0.25) is 0 Å². The van der Waals surface area contributed by atoms with E-state index in [-0.39, 0.29) is 5.82 Å². The molecule has 0 amide bonds. The molecule has 0 aliphatic carbocycles. The lowest BCUT2D eigenvalue weighted by Crippen LogP contribution is -2.09. The fraction of sp³-hybridized carbons (Fsp3) is 0.185. The van der Waals surface area contributed by atoms with Gasteiger partial charge in [0.25, 0.3) is 0 Å². The average molecular weight is 442 g/mol. The third kappa shape index (κ3) is 5.65. The van der Waals surface area contributed by atoms with E-state index in [1.54, 1.807) is 24.5 Å². The number of pyridine rings is 1. The standard InChI is InChI=1S/C25H26FN5.C2H2/c1-31-24(20-8-10-22(26)11-9-20)23(19-12-15-28-16-13-19)30-25(31)29-14-4-7-18-5-2-3-6-21(18)17-27;1-2/h2-3,5-6,8-13,15-16H,4,7,14,17,27H2,1H3,(H,29,30);1-2H. The summed E-state index contributed by atoms with van der Waals surface area (Å²) < 4.78 is 15.5. The molecule has 0 saturated heterocycles. The molecule has 0 atom stereocenters. The number of nitrogens with two attached hydrogens (primary N) is 1. The maximum Gasteiger partial charge on any atom is 0.203 e. The molecule has 2 heterocycles. The molecule has 4 aromatic rings. The van der Waals surface area contributed by atoms with Crippen LogP contribution in [0.1, 0.15) is 17.5 Å². The number of benzene rings is 2. The Labute approximate surface area is 194 Å². The maximum absolute atomic E-state index is 13.5. The van der Waals surface area contributed by atoms with Crippen molar-refractivity contribution in [2.75, 3.05) is 11.9 Å². The van der Waals surface area contributed by atoms with Crippen molar-refractivity contribution >= 4 is 5.95 Å². The summed E-state index contributed by atoms with van der Waals surface area (Å²) in [5.41, 5.74) is 12.0. The van der Waals surface area contributed by atoms with Crippen molar-refractivity contribution in [3.63, 3.8) is 0 Å². The SMILES string of the molecule is C#C.Cn1c(NCCCc2ccccc2CN)nc(-c2ccncc2)c1-c1ccc(F)cc1. The fourth-order valence-electron chi connectivity index (χ4n) is 3.79. The molecule has 0 aliphatic heterocycles. The summed E-state index contributed by atoms with van der Waals surface area (Å²) in [7, 11) is 1.97. The number of aryl methyl sites for hydroxylation is 1. The van der Waals surface area contributed by atoms with Gasteiger partial charge in [-0.25, -0.2) is 9.37 Å². The zero-order valence-corrected chi connectivity index (χ0v) is 18.7. The number of imidazole rings is 1. The summed E-state index contributed by atoms with van der Waals surface area (Å²) in [4.78, 5) is 8.98. The molecule has 0 aliphatic rings. The van der Waals surface area contributed by atoms with Gasteiger partial charge in [-0.1, -0.05) is 24.3 Å². The van der Waals surface area contributed by atoms with Crippen molar-refractivity contribution in [1.82, 2.24) is 14.5 Å². The highest BCUT2D eigenvalue weighted by Crippen LogP contribution is 2.33. The van der Waals surface area contributed by atoms with Gasteiger partial charge in [-0.15, -0.1) is 12.8 Å². The molecule has 0 fully saturated rings. The molecular weight excluding hydrogens is 413 g/mol. The Bertz CT molecular complexity index is 1180. The largest absolute Gasteiger partial charge is 0.356 e. The van der Waals surface area contributed by atoms with Crippen molar-refractivity contribution in [2.24, 2.45) is 12.8 Å². The minimum Gasteiger partial charge on any atom is -0.356 e. The van der Waals surface area contributed by atoms with Crippen molar-refractivity contribution in [3.05, 3.63) is 90.0 Å². The van der Waals surface area contributed by atoms with E-state index in [0.29, 0.717) is 6.54 Å². The minimum atomic E-state index is -0.257. The summed E-state index contributed by atoms with van der Waals surface area (Å²) in [5, 5.41) is 3.46. The van der Waals surface area contributed by atoms with Gasteiger partial charge in [0.05, 0.1) is 11.4 Å². The van der Waals surface area contributed by atoms with Crippen LogP contribution in [0.25, 0.3) is 22.5 Å². The van der Waals surface area contributed by atoms with Crippen LogP contribution in [0.5, 0.6) is 0 Å². The molecule has 0 radical (unpaired) electrons. The van der Waals surface area contributed by atoms with Crippen LogP contribution in [0, 0.1) is 18.7 Å². The molecule has 3 N–H and O–H groups in total. The summed E-state index contributed by atoms with van der Waals surface area (Å²) in [6, 6.07) is 18.7. The molecule has 4 rings (SSSR count). The fourth-order valence-corrected chi connectivity index (χ4v) is 3.79. The molecule has 0 spiro atoms. The summed E-state index contributed by atoms with van der Waals surface area (Å²) in [6.07, 6.45) is 13.4. The Kier molecular flexibility index (Phi) is 8.34. The number of aromatic nitrogens is 3. The number of halogens is 1. The number of rotatable bonds is 8. The van der Waals surface area contributed by atoms with Crippen LogP contribution in [0.15, 0.2) is 73.1 Å². The second-order valence-electron chi connectivity index (χ2n) is 7.44. The molecule has 0 unspecified atom stereocenters. The number of hydrogen-bond donors (Lipinski definition) is 2. The van der Waals surface area contributed by atoms with E-state index in [2.05, 4.69) is 41.3 Å². The second-order valence-corrected chi connectivity index (χ2v) is 7.44. The van der Waals surface area contributed by atoms with E-state index in [9.17, 15) is 4.39 Å². The lowest BCUT2D eigenvalue weighted by atomic mass is 10.0. The highest BCUT2D eigenvalue weighted by atomic mass is 19.1. The predicted octanol–water partition coefficient (Wildman–Crippen LogP) is 5.04. The lowest BCUT2D eigenvalue weighted by molar-refractivity contribution is 0.628. The van der Waals surface area contributed by atoms with Gasteiger partial charge in [0.2, 0.25) is 5.95 Å². The van der Waals surface area contributed by atoms with E-state index in [4.69, 9.17) is 10.7 Å². The normalized spacial score (nSPS) is 10.3. The van der Waals surface area contributed by atoms with Gasteiger partial charge >= 0.3 is 0 Å². The topological polar surface area (TPSA) is 68.8 Å². The third-order valence-corrected chi connectivity index (χ3v) is 5.41. The molecule has 2 aromatic heterocycles. The Morgan fingerprint density at radius 2 is 1.61 bits per heavy atom. The molecule has 0 saturated carbocycles. The van der Waals surface area contributed by atoms with E-state index in [1.165, 1.54) is 23.3 Å². The molecule has 0 bridgehead atoms. The number of nitrogens with one attached hydrogen (secondary N) is 1. The first-order valence-corrected chi connectivity index (χ1v) is 10.7. The zero-order valence-electron chi connectivity index (χ0n) is 18.7. The van der Waals surface area contributed by atoms with E-state index < -0.39 is 0 Å². The van der Waals surface area contributed by atoms with Crippen LogP contribution in [0.3, 0.4) is 0 Å². The van der Waals surface area contributed by atoms with Crippen molar-refractivity contribution in [2.45, 2.75) is 19.4 Å². The lowest BCUT2D eigenvalue weighted by Gasteiger charge is -2.10. The zero-order chi connectivity index (χ0) is 23.6. The van der Waals surface area contributed by atoms with Gasteiger partial charge in [0.1, 0.15) is 5.82 Å². The van der Waals surface area contributed by atoms with Gasteiger partial charge in [-0.3, -0.25) is 4.98 Å². The highest BCUT2D eigenvalue weighted by molar-refractivity contribution is 5.80. The second kappa shape index (κ2) is 11.6. The predicted molar refractivity (Wildman–Crippen MR) is 133 cm³/mol. The first kappa shape index (κ1) is 23.7. The number of nitrogens with zero attached hydrogens (tertiary/aromatic N) is 3. The van der Waals surface area contributed by atoms with E-state index >= 15 is 0 Å². The van der Waals surface area contributed by atoms with Crippen LogP contribution in [-0.2, 0) is 20.0 Å². The van der Waals surface area contributed by atoms with Crippen LogP contribution in [0.4, 0.5) is 10.3 Å². The van der Waals surface area contributed by atoms with Crippen LogP contribution in [-0.4, -0.2) is 21.1 Å². The van der Waals surface area contributed by atoms with Crippen molar-refractivity contribution in [1.29, 1.82) is 0 Å². The molecular formula is C27H28FN5. The van der Waals surface area contributed by atoms with Gasteiger partial charge in [0, 0.05) is 43.7 Å². The Hall–Kier alpha value is -3.95. The van der Waals surface area contributed by atoms with Crippen LogP contribution < -0.4 is 11.1 Å². The number of anilines is 1. The van der Waals surface area contributed by atoms with Crippen molar-refractivity contribution < 1.29 is 4.39 Å². The Balaban J connectivity index is 0.00000149. The van der Waals surface area contributed by atoms with E-state index in [0.717, 1.165) is 47.8 Å². The quantitative estimate of drug-likeness (QED) is 0.297. The minimum absolute atomic E-state index is 0.257. The Morgan fingerprint density at radius 3 is 2.27 bits per heavy atom. The van der Waals surface area contributed by atoms with Gasteiger partial charge < -0.3 is 15.6 Å². The first-order valence-electron chi connectivity index (χ1n) is 10.7. The number of terminal acetylenes is 1. The van der Waals surface area contributed by atoms with Crippen molar-refractivity contribution in [3.8, 4) is 35.4 Å². The smallest absolute Gasteiger partial charge is 0.203 e. The molecule has 2 aromatic carbocycles. The molecule has 33 heavy (non-hydrogen) atoms. The Morgan fingerprint density at radius 1 is 0.939 bits per heavy atom. The van der Waals surface area contributed by atoms with E-state index in [1.807, 2.05) is 29.8 Å². The summed E-state index contributed by atoms with van der Waals surface area (Å²) in [5.74, 6) is 0.519. The molecule has 5 nitrogen and oxygen atoms in total. The number of hydrogen-bond acceptors (Lipinski definition) is 4. The van der Waals surface area contributed by atoms with Crippen LogP contribution >= 0.6 is 0 Å². The highest BCUT2D eigenvalue weighted by Gasteiger charge is 2.18. The van der Waals surface area contributed by atoms with Gasteiger partial charge in [-0.05, 0) is 60.4 Å². The monoisotopic (exact) mass is 441 g/mol. The summed E-state index contributed by atoms with van der Waals surface area (Å²) >= 11 is 0. The van der Waals surface area contributed by atoms with Gasteiger partial charge in [0.15, 0.2) is 0 Å². The molecule has 6 heteroatoms. The average Bonchev–Trinajstić information content (AvgIpc) is 3.20. The molecule has 168 valence electrons. The first-order chi connectivity index (χ1) is 16.2.